The molecule has 0 aromatic heterocycles. The highest BCUT2D eigenvalue weighted by Gasteiger charge is 2.35. The van der Waals surface area contributed by atoms with Crippen LogP contribution in [0.25, 0.3) is 0 Å². The maximum absolute atomic E-state index is 13.7. The van der Waals surface area contributed by atoms with E-state index in [1.807, 2.05) is 0 Å². The Bertz CT molecular complexity index is 2120. The van der Waals surface area contributed by atoms with Gasteiger partial charge >= 0.3 is 5.97 Å². The molecule has 0 bridgehead atoms. The first-order valence-corrected chi connectivity index (χ1v) is 23.2. The van der Waals surface area contributed by atoms with E-state index in [2.05, 4.69) is 47.5 Å². The number of aliphatic carboxylic acids is 1. The van der Waals surface area contributed by atoms with Crippen LogP contribution in [-0.4, -0.2) is 166 Å². The lowest BCUT2D eigenvalue weighted by molar-refractivity contribution is -0.144. The number of aliphatic hydroxyl groups excluding tert-OH is 2. The summed E-state index contributed by atoms with van der Waals surface area (Å²) < 4.78 is 0. The fourth-order valence-electron chi connectivity index (χ4n) is 6.56. The Morgan fingerprint density at radius 1 is 0.630 bits per heavy atom. The lowest BCUT2D eigenvalue weighted by atomic mass is 9.98. The van der Waals surface area contributed by atoms with Crippen molar-refractivity contribution in [2.45, 2.75) is 134 Å². The molecule has 0 saturated heterocycles. The van der Waals surface area contributed by atoms with Crippen LogP contribution in [0.1, 0.15) is 78.7 Å². The Kier molecular flexibility index (Phi) is 27.4. The largest absolute Gasteiger partial charge is 0.508 e. The van der Waals surface area contributed by atoms with Crippen LogP contribution >= 0.6 is 0 Å². The number of carbonyl (C=O) groups is 11. The first-order chi connectivity index (χ1) is 34.1. The molecule has 73 heavy (non-hydrogen) atoms. The Morgan fingerprint density at radius 3 is 1.67 bits per heavy atom. The number of guanidine groups is 1. The third-order valence-corrected chi connectivity index (χ3v) is 11.0. The zero-order valence-electron chi connectivity index (χ0n) is 41.3. The molecular weight excluding hydrogens is 965 g/mol. The van der Waals surface area contributed by atoms with Gasteiger partial charge in [0.1, 0.15) is 48.0 Å². The summed E-state index contributed by atoms with van der Waals surface area (Å²) in [6.07, 6.45) is -3.14. The number of aromatic hydroxyl groups is 1. The average Bonchev–Trinajstić information content (AvgIpc) is 3.31. The molecule has 1 aromatic carbocycles. The molecule has 0 radical (unpaired) electrons. The number of phenolic OH excluding ortho intramolecular Hbond substituents is 1. The highest BCUT2D eigenvalue weighted by Crippen LogP contribution is 2.13. The van der Waals surface area contributed by atoms with Crippen LogP contribution in [0.3, 0.4) is 0 Å². The SMILES string of the molecule is CC[C@H](C)[C@H](N)C(=O)N[C@@H](CCCN=C(N)N)C(=O)N[C@@H](CC(N)=O)C(=O)N[C@@H](CCC(N)=O)C(=O)NCC(=O)N[C@@H](Cc1ccc(O)cc1)C(=O)N[C@@H](CO)C(=O)N[C@H](C(=O)N[C@H](C(=O)O)C(C)C)[C@@H](C)O. The summed E-state index contributed by atoms with van der Waals surface area (Å²) in [7, 11) is 0. The predicted molar refractivity (Wildman–Crippen MR) is 259 cm³/mol. The predicted octanol–water partition coefficient (Wildman–Crippen LogP) is -6.87. The second kappa shape index (κ2) is 31.6. The smallest absolute Gasteiger partial charge is 0.326 e. The fraction of sp³-hybridized carbons (Fsp3) is 0.591. The molecule has 0 saturated carbocycles. The molecule has 29 nitrogen and oxygen atoms in total. The van der Waals surface area contributed by atoms with Gasteiger partial charge in [0.2, 0.25) is 59.1 Å². The number of nitrogens with one attached hydrogen (secondary N) is 8. The van der Waals surface area contributed by atoms with Crippen LogP contribution in [0.15, 0.2) is 29.3 Å². The third kappa shape index (κ3) is 23.4. The molecule has 1 rings (SSSR count). The first kappa shape index (κ1) is 63.4. The summed E-state index contributed by atoms with van der Waals surface area (Å²) in [6.45, 7) is 5.69. The van der Waals surface area contributed by atoms with Crippen molar-refractivity contribution in [1.82, 2.24) is 42.5 Å². The quantitative estimate of drug-likeness (QED) is 0.0177. The molecule has 29 heteroatoms. The number of carboxylic acid groups (broad SMARTS) is 1. The molecule has 0 unspecified atom stereocenters. The summed E-state index contributed by atoms with van der Waals surface area (Å²) in [5, 5.41) is 58.0. The number of hydrogen-bond acceptors (Lipinski definition) is 16. The van der Waals surface area contributed by atoms with Crippen molar-refractivity contribution in [2.75, 3.05) is 19.7 Å². The van der Waals surface area contributed by atoms with Crippen LogP contribution in [0.2, 0.25) is 0 Å². The number of aliphatic imine (C=N–C) groups is 1. The lowest BCUT2D eigenvalue weighted by Crippen LogP contribution is -2.61. The zero-order chi connectivity index (χ0) is 55.7. The number of carboxylic acids is 1. The molecule has 408 valence electrons. The molecule has 10 amide bonds. The topological polar surface area (TPSA) is 507 Å². The molecule has 0 spiro atoms. The van der Waals surface area contributed by atoms with Gasteiger partial charge in [-0.3, -0.25) is 52.9 Å². The summed E-state index contributed by atoms with van der Waals surface area (Å²) >= 11 is 0. The molecule has 0 aliphatic heterocycles. The molecule has 0 heterocycles. The molecule has 0 aliphatic rings. The number of nitrogens with zero attached hydrogens (tertiary/aromatic N) is 1. The van der Waals surface area contributed by atoms with E-state index in [1.165, 1.54) is 38.1 Å². The second-order valence-corrected chi connectivity index (χ2v) is 17.5. The van der Waals surface area contributed by atoms with E-state index in [9.17, 15) is 73.2 Å². The van der Waals surface area contributed by atoms with Gasteiger partial charge in [0.25, 0.3) is 0 Å². The average molecular weight is 1040 g/mol. The number of aliphatic hydroxyl groups is 2. The molecule has 0 aliphatic carbocycles. The van der Waals surface area contributed by atoms with Gasteiger partial charge in [0.15, 0.2) is 5.96 Å². The minimum atomic E-state index is -1.83. The van der Waals surface area contributed by atoms with Crippen LogP contribution < -0.4 is 71.2 Å². The Hall–Kier alpha value is -7.66. The third-order valence-electron chi connectivity index (χ3n) is 11.0. The van der Waals surface area contributed by atoms with E-state index in [4.69, 9.17) is 28.7 Å². The highest BCUT2D eigenvalue weighted by atomic mass is 16.4. The summed E-state index contributed by atoms with van der Waals surface area (Å²) in [6, 6.07) is -7.09. The van der Waals surface area contributed by atoms with Gasteiger partial charge < -0.3 is 91.6 Å². The number of carbonyl (C=O) groups excluding carboxylic acids is 10. The number of benzene rings is 1. The van der Waals surface area contributed by atoms with Crippen molar-refractivity contribution < 1.29 is 73.2 Å². The van der Waals surface area contributed by atoms with Crippen molar-refractivity contribution in [1.29, 1.82) is 0 Å². The maximum atomic E-state index is 13.7. The first-order valence-electron chi connectivity index (χ1n) is 23.2. The van der Waals surface area contributed by atoms with Gasteiger partial charge in [-0.2, -0.15) is 0 Å². The lowest BCUT2D eigenvalue weighted by Gasteiger charge is -2.27. The maximum Gasteiger partial charge on any atom is 0.326 e. The molecule has 0 fully saturated rings. The van der Waals surface area contributed by atoms with E-state index < -0.39 is 158 Å². The van der Waals surface area contributed by atoms with Crippen LogP contribution in [-0.2, 0) is 59.2 Å². The van der Waals surface area contributed by atoms with Crippen LogP contribution in [0, 0.1) is 11.8 Å². The number of rotatable bonds is 33. The molecular formula is C44H72N14O15. The van der Waals surface area contributed by atoms with Gasteiger partial charge in [-0.25, -0.2) is 4.79 Å². The van der Waals surface area contributed by atoms with Crippen molar-refractivity contribution >= 4 is 71.0 Å². The van der Waals surface area contributed by atoms with E-state index in [-0.39, 0.29) is 43.4 Å². The number of amides is 10. The highest BCUT2D eigenvalue weighted by molar-refractivity contribution is 5.98. The van der Waals surface area contributed by atoms with E-state index in [1.54, 1.807) is 13.8 Å². The standard InChI is InChI=1S/C44H72N14O15/c1-6-21(4)33(47)41(70)54-25(8-7-15-50-44(48)49)37(66)55-28(17-31(46)63)39(68)53-26(13-14-30(45)62)36(65)51-18-32(64)52-27(16-23-9-11-24(61)12-10-23)38(67)56-29(19-59)40(69)58-35(22(5)60)42(71)57-34(20(2)3)43(72)73/h9-12,20-22,25-29,33-35,59-61H,6-8,13-19,47H2,1-5H3,(H2,45,62)(H2,46,63)(H,51,65)(H,52,64)(H,53,68)(H,54,70)(H,55,66)(H,56,67)(H,57,71)(H,58,69)(H,72,73)(H4,48,49,50)/t21-,22+,25-,26-,27-,28-,29-,33-,34-,35-/m0/s1. The van der Waals surface area contributed by atoms with Crippen molar-refractivity contribution in [2.24, 2.45) is 45.5 Å². The van der Waals surface area contributed by atoms with Gasteiger partial charge in [-0.1, -0.05) is 46.2 Å². The Balaban J connectivity index is 3.36. The normalized spacial score (nSPS) is 15.1. The van der Waals surface area contributed by atoms with Crippen LogP contribution in [0.4, 0.5) is 0 Å². The summed E-state index contributed by atoms with van der Waals surface area (Å²) in [4.78, 5) is 147. The molecule has 10 atom stereocenters. The van der Waals surface area contributed by atoms with Crippen molar-refractivity contribution in [3.8, 4) is 5.75 Å². The van der Waals surface area contributed by atoms with Gasteiger partial charge in [0, 0.05) is 19.4 Å². The van der Waals surface area contributed by atoms with Crippen molar-refractivity contribution in [3.63, 3.8) is 0 Å². The van der Waals surface area contributed by atoms with Gasteiger partial charge in [0.05, 0.1) is 31.7 Å². The minimum absolute atomic E-state index is 0.0434. The Labute approximate surface area is 420 Å². The monoisotopic (exact) mass is 1040 g/mol. The zero-order valence-corrected chi connectivity index (χ0v) is 41.3. The number of hydrogen-bond donors (Lipinski definition) is 17. The minimum Gasteiger partial charge on any atom is -0.508 e. The van der Waals surface area contributed by atoms with Crippen LogP contribution in [0.5, 0.6) is 5.75 Å². The summed E-state index contributed by atoms with van der Waals surface area (Å²) in [5.74, 6) is -13.1. The number of nitrogens with two attached hydrogens (primary N) is 5. The van der Waals surface area contributed by atoms with E-state index in [0.29, 0.717) is 12.0 Å². The van der Waals surface area contributed by atoms with Gasteiger partial charge in [-0.15, -0.1) is 0 Å². The fourth-order valence-corrected chi connectivity index (χ4v) is 6.56. The molecule has 1 aromatic rings. The van der Waals surface area contributed by atoms with Crippen molar-refractivity contribution in [3.05, 3.63) is 29.8 Å². The van der Waals surface area contributed by atoms with E-state index >= 15 is 0 Å². The number of phenols is 1. The molecule has 22 N–H and O–H groups in total. The van der Waals surface area contributed by atoms with E-state index in [0.717, 1.165) is 6.92 Å². The Morgan fingerprint density at radius 2 is 1.15 bits per heavy atom. The van der Waals surface area contributed by atoms with Gasteiger partial charge in [-0.05, 0) is 55.7 Å². The number of primary amides is 2. The second-order valence-electron chi connectivity index (χ2n) is 17.5. The summed E-state index contributed by atoms with van der Waals surface area (Å²) in [5.41, 5.74) is 27.9.